The minimum atomic E-state index is -4.36. The van der Waals surface area contributed by atoms with E-state index >= 15 is 0 Å². The summed E-state index contributed by atoms with van der Waals surface area (Å²) in [6.45, 7) is 2.09. The zero-order chi connectivity index (χ0) is 16.2. The van der Waals surface area contributed by atoms with E-state index in [2.05, 4.69) is 12.2 Å². The molecule has 6 heteroatoms. The summed E-state index contributed by atoms with van der Waals surface area (Å²) in [5.41, 5.74) is -0.226. The number of carbonyl (C=O) groups is 1. The number of hydrogen-bond donors (Lipinski definition) is 1. The molecule has 1 aromatic rings. The largest absolute Gasteiger partial charge is 0.465 e. The number of ether oxygens (including phenoxy) is 1. The second kappa shape index (κ2) is 6.85. The molecule has 1 saturated heterocycles. The second-order valence-electron chi connectivity index (χ2n) is 5.20. The molecule has 0 aromatic heterocycles. The van der Waals surface area contributed by atoms with Gasteiger partial charge in [0.25, 0.3) is 5.91 Å². The number of nitrogens with one attached hydrogen (secondary N) is 1. The van der Waals surface area contributed by atoms with Crippen molar-refractivity contribution in [2.24, 2.45) is 0 Å². The minimum Gasteiger partial charge on any atom is -0.465 e. The summed E-state index contributed by atoms with van der Waals surface area (Å²) in [5, 5.41) is 2.71. The van der Waals surface area contributed by atoms with E-state index in [0.29, 0.717) is 5.56 Å². The van der Waals surface area contributed by atoms with Gasteiger partial charge in [-0.25, -0.2) is 0 Å². The van der Waals surface area contributed by atoms with E-state index in [1.54, 1.807) is 0 Å². The standard InChI is InChI=1S/C16H18F3NO2/c1-2-3-4-5-14-20-15(21)13(22-14)10-11-6-8-12(9-7-11)16(17,18)19/h6-10,14H,2-5H2,1H3,(H,20,21)/b13-10-. The Labute approximate surface area is 127 Å². The molecule has 1 fully saturated rings. The highest BCUT2D eigenvalue weighted by Crippen LogP contribution is 2.29. The number of benzene rings is 1. The number of halogens is 3. The van der Waals surface area contributed by atoms with Crippen LogP contribution in [-0.2, 0) is 15.7 Å². The lowest BCUT2D eigenvalue weighted by atomic mass is 10.1. The van der Waals surface area contributed by atoms with Crippen molar-refractivity contribution < 1.29 is 22.7 Å². The molecular weight excluding hydrogens is 295 g/mol. The van der Waals surface area contributed by atoms with Crippen molar-refractivity contribution in [2.45, 2.75) is 45.0 Å². The number of carbonyl (C=O) groups excluding carboxylic acids is 1. The maximum absolute atomic E-state index is 12.5. The second-order valence-corrected chi connectivity index (χ2v) is 5.20. The maximum Gasteiger partial charge on any atom is 0.416 e. The van der Waals surface area contributed by atoms with Crippen LogP contribution in [0.15, 0.2) is 30.0 Å². The third kappa shape index (κ3) is 4.26. The molecule has 1 atom stereocenters. The highest BCUT2D eigenvalue weighted by Gasteiger charge is 2.30. The van der Waals surface area contributed by atoms with Gasteiger partial charge < -0.3 is 10.1 Å². The van der Waals surface area contributed by atoms with Crippen molar-refractivity contribution in [3.05, 3.63) is 41.2 Å². The van der Waals surface area contributed by atoms with Gasteiger partial charge in [0, 0.05) is 6.42 Å². The first kappa shape index (κ1) is 16.4. The molecule has 1 aromatic carbocycles. The van der Waals surface area contributed by atoms with Crippen LogP contribution in [0.3, 0.4) is 0 Å². The number of unbranched alkanes of at least 4 members (excludes halogenated alkanes) is 2. The molecular formula is C16H18F3NO2. The zero-order valence-electron chi connectivity index (χ0n) is 12.2. The molecule has 120 valence electrons. The lowest BCUT2D eigenvalue weighted by Gasteiger charge is -2.09. The van der Waals surface area contributed by atoms with Crippen molar-refractivity contribution in [2.75, 3.05) is 0 Å². The van der Waals surface area contributed by atoms with Gasteiger partial charge in [-0.2, -0.15) is 13.2 Å². The topological polar surface area (TPSA) is 38.3 Å². The van der Waals surface area contributed by atoms with Crippen LogP contribution < -0.4 is 5.32 Å². The third-order valence-corrected chi connectivity index (χ3v) is 3.39. The SMILES string of the molecule is CCCCCC1NC(=O)/C(=C/c2ccc(C(F)(F)F)cc2)O1. The Morgan fingerprint density at radius 1 is 1.23 bits per heavy atom. The smallest absolute Gasteiger partial charge is 0.416 e. The summed E-state index contributed by atoms with van der Waals surface area (Å²) in [7, 11) is 0. The molecule has 0 bridgehead atoms. The van der Waals surface area contributed by atoms with E-state index in [1.165, 1.54) is 18.2 Å². The van der Waals surface area contributed by atoms with Crippen molar-refractivity contribution in [1.82, 2.24) is 5.32 Å². The molecule has 0 aliphatic carbocycles. The highest BCUT2D eigenvalue weighted by atomic mass is 19.4. The number of hydrogen-bond acceptors (Lipinski definition) is 2. The lowest BCUT2D eigenvalue weighted by Crippen LogP contribution is -2.25. The first-order chi connectivity index (χ1) is 10.4. The van der Waals surface area contributed by atoms with E-state index in [0.717, 1.165) is 37.8 Å². The Morgan fingerprint density at radius 2 is 1.91 bits per heavy atom. The Hall–Kier alpha value is -1.98. The predicted octanol–water partition coefficient (Wildman–Crippen LogP) is 4.10. The van der Waals surface area contributed by atoms with Gasteiger partial charge in [-0.15, -0.1) is 0 Å². The summed E-state index contributed by atoms with van der Waals surface area (Å²) >= 11 is 0. The highest BCUT2D eigenvalue weighted by molar-refractivity contribution is 5.97. The molecule has 1 aliphatic rings. The average Bonchev–Trinajstić information content (AvgIpc) is 2.79. The van der Waals surface area contributed by atoms with Crippen molar-refractivity contribution in [1.29, 1.82) is 0 Å². The van der Waals surface area contributed by atoms with Crippen LogP contribution in [0.25, 0.3) is 6.08 Å². The van der Waals surface area contributed by atoms with Crippen LogP contribution in [-0.4, -0.2) is 12.1 Å². The van der Waals surface area contributed by atoms with E-state index in [1.807, 2.05) is 0 Å². The lowest BCUT2D eigenvalue weighted by molar-refractivity contribution is -0.137. The molecule has 1 amide bonds. The minimum absolute atomic E-state index is 0.140. The number of amides is 1. The quantitative estimate of drug-likeness (QED) is 0.656. The van der Waals surface area contributed by atoms with Gasteiger partial charge in [0.1, 0.15) is 0 Å². The fraction of sp³-hybridized carbons (Fsp3) is 0.438. The van der Waals surface area contributed by atoms with Crippen molar-refractivity contribution in [3.63, 3.8) is 0 Å². The van der Waals surface area contributed by atoms with Crippen LogP contribution in [0.5, 0.6) is 0 Å². The van der Waals surface area contributed by atoms with Gasteiger partial charge >= 0.3 is 6.18 Å². The normalized spacial score (nSPS) is 20.1. The molecule has 1 N–H and O–H groups in total. The van der Waals surface area contributed by atoms with Crippen LogP contribution in [0.2, 0.25) is 0 Å². The maximum atomic E-state index is 12.5. The molecule has 1 aliphatic heterocycles. The predicted molar refractivity (Wildman–Crippen MR) is 76.6 cm³/mol. The van der Waals surface area contributed by atoms with Crippen molar-refractivity contribution in [3.8, 4) is 0 Å². The molecule has 1 unspecified atom stereocenters. The van der Waals surface area contributed by atoms with Crippen LogP contribution in [0.1, 0.15) is 43.7 Å². The Balaban J connectivity index is 2.02. The van der Waals surface area contributed by atoms with Gasteiger partial charge in [-0.05, 0) is 30.2 Å². The summed E-state index contributed by atoms with van der Waals surface area (Å²) in [6, 6.07) is 4.60. The summed E-state index contributed by atoms with van der Waals surface area (Å²) in [5.74, 6) is -0.192. The Bertz CT molecular complexity index is 550. The fourth-order valence-electron chi connectivity index (χ4n) is 2.18. The van der Waals surface area contributed by atoms with Gasteiger partial charge in [0.15, 0.2) is 12.0 Å². The first-order valence-electron chi connectivity index (χ1n) is 7.26. The molecule has 0 saturated carbocycles. The monoisotopic (exact) mass is 313 g/mol. The Kier molecular flexibility index (Phi) is 5.11. The molecule has 22 heavy (non-hydrogen) atoms. The molecule has 0 spiro atoms. The number of alkyl halides is 3. The zero-order valence-corrected chi connectivity index (χ0v) is 12.2. The Morgan fingerprint density at radius 3 is 2.50 bits per heavy atom. The van der Waals surface area contributed by atoms with Gasteiger partial charge in [0.05, 0.1) is 5.56 Å². The molecule has 2 rings (SSSR count). The number of rotatable bonds is 5. The summed E-state index contributed by atoms with van der Waals surface area (Å²) in [6.07, 6.45) is 0.563. The molecule has 3 nitrogen and oxygen atoms in total. The fourth-order valence-corrected chi connectivity index (χ4v) is 2.18. The first-order valence-corrected chi connectivity index (χ1v) is 7.26. The summed E-state index contributed by atoms with van der Waals surface area (Å²) < 4.78 is 42.9. The van der Waals surface area contributed by atoms with Gasteiger partial charge in [0.2, 0.25) is 0 Å². The average molecular weight is 313 g/mol. The van der Waals surface area contributed by atoms with Crippen molar-refractivity contribution >= 4 is 12.0 Å². The van der Waals surface area contributed by atoms with Gasteiger partial charge in [-0.1, -0.05) is 31.9 Å². The third-order valence-electron chi connectivity index (χ3n) is 3.39. The van der Waals surface area contributed by atoms with Crippen LogP contribution >= 0.6 is 0 Å². The van der Waals surface area contributed by atoms with E-state index < -0.39 is 11.7 Å². The van der Waals surface area contributed by atoms with Gasteiger partial charge in [-0.3, -0.25) is 4.79 Å². The van der Waals surface area contributed by atoms with E-state index in [-0.39, 0.29) is 17.9 Å². The van der Waals surface area contributed by atoms with E-state index in [9.17, 15) is 18.0 Å². The van der Waals surface area contributed by atoms with Crippen LogP contribution in [0.4, 0.5) is 13.2 Å². The summed E-state index contributed by atoms with van der Waals surface area (Å²) in [4.78, 5) is 11.8. The molecule has 1 heterocycles. The van der Waals surface area contributed by atoms with E-state index in [4.69, 9.17) is 4.74 Å². The van der Waals surface area contributed by atoms with Crippen LogP contribution in [0, 0.1) is 0 Å². The molecule has 0 radical (unpaired) electrons.